The summed E-state index contributed by atoms with van der Waals surface area (Å²) in [5.74, 6) is 0.525. The number of furan rings is 1. The zero-order valence-electron chi connectivity index (χ0n) is 9.81. The fourth-order valence-electron chi connectivity index (χ4n) is 1.74. The second-order valence-electron chi connectivity index (χ2n) is 4.10. The van der Waals surface area contributed by atoms with Crippen LogP contribution in [0.3, 0.4) is 0 Å². The van der Waals surface area contributed by atoms with Crippen LogP contribution in [-0.2, 0) is 4.74 Å². The van der Waals surface area contributed by atoms with E-state index < -0.39 is 6.10 Å². The molecule has 1 aromatic heterocycles. The average Bonchev–Trinajstić information content (AvgIpc) is 2.74. The molecule has 1 heterocycles. The van der Waals surface area contributed by atoms with E-state index in [0.29, 0.717) is 22.8 Å². The van der Waals surface area contributed by atoms with E-state index >= 15 is 0 Å². The largest absolute Gasteiger partial charge is 0.457 e. The van der Waals surface area contributed by atoms with Crippen molar-refractivity contribution in [1.29, 1.82) is 0 Å². The van der Waals surface area contributed by atoms with Crippen molar-refractivity contribution in [1.82, 2.24) is 0 Å². The summed E-state index contributed by atoms with van der Waals surface area (Å²) in [7, 11) is 1.62. The summed E-state index contributed by atoms with van der Waals surface area (Å²) in [4.78, 5) is 0. The Morgan fingerprint density at radius 2 is 2.24 bits per heavy atom. The van der Waals surface area contributed by atoms with Crippen LogP contribution in [-0.4, -0.2) is 18.3 Å². The van der Waals surface area contributed by atoms with E-state index in [1.807, 2.05) is 25.1 Å². The summed E-state index contributed by atoms with van der Waals surface area (Å²) < 4.78 is 10.7. The Morgan fingerprint density at radius 1 is 1.47 bits per heavy atom. The third kappa shape index (κ3) is 2.63. The highest BCUT2D eigenvalue weighted by atomic mass is 35.5. The molecule has 0 saturated carbocycles. The Hall–Kier alpha value is -1.03. The topological polar surface area (TPSA) is 42.6 Å². The first-order chi connectivity index (χ1) is 8.11. The van der Waals surface area contributed by atoms with Gasteiger partial charge in [-0.25, -0.2) is 0 Å². The summed E-state index contributed by atoms with van der Waals surface area (Å²) in [5.41, 5.74) is 0.619. The predicted molar refractivity (Wildman–Crippen MR) is 67.3 cm³/mol. The van der Waals surface area contributed by atoms with Crippen molar-refractivity contribution in [2.24, 2.45) is 0 Å². The average molecular weight is 255 g/mol. The molecule has 2 unspecified atom stereocenters. The van der Waals surface area contributed by atoms with Crippen molar-refractivity contribution >= 4 is 22.6 Å². The van der Waals surface area contributed by atoms with Crippen LogP contribution in [0.2, 0.25) is 5.02 Å². The van der Waals surface area contributed by atoms with E-state index in [-0.39, 0.29) is 6.10 Å². The third-order valence-electron chi connectivity index (χ3n) is 2.80. The number of methoxy groups -OCH3 is 1. The molecule has 0 spiro atoms. The van der Waals surface area contributed by atoms with Crippen molar-refractivity contribution in [3.8, 4) is 0 Å². The lowest BCUT2D eigenvalue weighted by molar-refractivity contribution is 0.0475. The number of para-hydroxylation sites is 1. The second kappa shape index (κ2) is 5.08. The molecule has 1 aromatic carbocycles. The number of rotatable bonds is 4. The highest BCUT2D eigenvalue weighted by Crippen LogP contribution is 2.30. The van der Waals surface area contributed by atoms with Crippen LogP contribution in [0.5, 0.6) is 0 Å². The number of halogens is 1. The molecule has 4 heteroatoms. The molecule has 0 saturated heterocycles. The van der Waals surface area contributed by atoms with Gasteiger partial charge in [0.05, 0.1) is 11.1 Å². The van der Waals surface area contributed by atoms with Gasteiger partial charge in [-0.3, -0.25) is 0 Å². The summed E-state index contributed by atoms with van der Waals surface area (Å²) in [6, 6.07) is 7.34. The SMILES string of the molecule is COC(C)CC(O)c1cc2cccc(Cl)c2o1. The Balaban J connectivity index is 2.27. The van der Waals surface area contributed by atoms with Crippen LogP contribution in [0.25, 0.3) is 11.0 Å². The molecule has 0 fully saturated rings. The number of ether oxygens (including phenoxy) is 1. The molecule has 2 aromatic rings. The van der Waals surface area contributed by atoms with Gasteiger partial charge in [0, 0.05) is 18.9 Å². The van der Waals surface area contributed by atoms with Crippen molar-refractivity contribution in [2.75, 3.05) is 7.11 Å². The number of hydrogen-bond donors (Lipinski definition) is 1. The number of benzene rings is 1. The van der Waals surface area contributed by atoms with Gasteiger partial charge in [-0.15, -0.1) is 0 Å². The van der Waals surface area contributed by atoms with Gasteiger partial charge < -0.3 is 14.3 Å². The molecular weight excluding hydrogens is 240 g/mol. The van der Waals surface area contributed by atoms with E-state index in [0.717, 1.165) is 5.39 Å². The normalized spacial score (nSPS) is 15.1. The minimum Gasteiger partial charge on any atom is -0.457 e. The van der Waals surface area contributed by atoms with E-state index in [4.69, 9.17) is 20.8 Å². The van der Waals surface area contributed by atoms with Crippen LogP contribution in [0, 0.1) is 0 Å². The van der Waals surface area contributed by atoms with Crippen LogP contribution >= 0.6 is 11.6 Å². The predicted octanol–water partition coefficient (Wildman–Crippen LogP) is 3.54. The first kappa shape index (κ1) is 12.4. The maximum absolute atomic E-state index is 10.00. The van der Waals surface area contributed by atoms with Gasteiger partial charge in [0.1, 0.15) is 11.9 Å². The van der Waals surface area contributed by atoms with Gasteiger partial charge in [0.2, 0.25) is 0 Å². The lowest BCUT2D eigenvalue weighted by Gasteiger charge is -2.12. The third-order valence-corrected chi connectivity index (χ3v) is 3.10. The van der Waals surface area contributed by atoms with Crippen LogP contribution in [0.4, 0.5) is 0 Å². The summed E-state index contributed by atoms with van der Waals surface area (Å²) in [5, 5.41) is 11.5. The van der Waals surface area contributed by atoms with Crippen LogP contribution in [0.1, 0.15) is 25.2 Å². The maximum atomic E-state index is 10.00. The minimum absolute atomic E-state index is 0.0197. The quantitative estimate of drug-likeness (QED) is 0.907. The van der Waals surface area contributed by atoms with Crippen LogP contribution < -0.4 is 0 Å². The first-order valence-corrected chi connectivity index (χ1v) is 5.88. The first-order valence-electron chi connectivity index (χ1n) is 5.50. The molecule has 2 rings (SSSR count). The van der Waals surface area contributed by atoms with Crippen molar-refractivity contribution in [3.05, 3.63) is 35.0 Å². The molecule has 0 aliphatic rings. The van der Waals surface area contributed by atoms with Crippen molar-refractivity contribution in [2.45, 2.75) is 25.6 Å². The number of aliphatic hydroxyl groups excluding tert-OH is 1. The summed E-state index contributed by atoms with van der Waals surface area (Å²) in [6.45, 7) is 1.90. The Labute approximate surface area is 105 Å². The summed E-state index contributed by atoms with van der Waals surface area (Å²) in [6.07, 6.45) is -0.199. The lowest BCUT2D eigenvalue weighted by atomic mass is 10.1. The molecule has 92 valence electrons. The van der Waals surface area contributed by atoms with Gasteiger partial charge in [0.25, 0.3) is 0 Å². The molecule has 0 aliphatic heterocycles. The number of aliphatic hydroxyl groups is 1. The van der Waals surface area contributed by atoms with E-state index in [1.165, 1.54) is 0 Å². The minimum atomic E-state index is -0.673. The molecule has 1 N–H and O–H groups in total. The zero-order valence-corrected chi connectivity index (χ0v) is 10.6. The maximum Gasteiger partial charge on any atom is 0.152 e. The Kier molecular flexibility index (Phi) is 3.72. The van der Waals surface area contributed by atoms with Gasteiger partial charge in [-0.1, -0.05) is 23.7 Å². The highest BCUT2D eigenvalue weighted by Gasteiger charge is 2.17. The van der Waals surface area contributed by atoms with Gasteiger partial charge in [0.15, 0.2) is 5.58 Å². The number of hydrogen-bond acceptors (Lipinski definition) is 3. The fourth-order valence-corrected chi connectivity index (χ4v) is 1.96. The molecule has 0 radical (unpaired) electrons. The van der Waals surface area contributed by atoms with Crippen molar-refractivity contribution in [3.63, 3.8) is 0 Å². The second-order valence-corrected chi connectivity index (χ2v) is 4.51. The molecule has 3 nitrogen and oxygen atoms in total. The fraction of sp³-hybridized carbons (Fsp3) is 0.385. The summed E-state index contributed by atoms with van der Waals surface area (Å²) >= 11 is 6.01. The molecule has 17 heavy (non-hydrogen) atoms. The lowest BCUT2D eigenvalue weighted by Crippen LogP contribution is -2.10. The van der Waals surface area contributed by atoms with Gasteiger partial charge in [-0.05, 0) is 19.1 Å². The Morgan fingerprint density at radius 3 is 2.88 bits per heavy atom. The van der Waals surface area contributed by atoms with E-state index in [1.54, 1.807) is 13.2 Å². The Bertz CT molecular complexity index is 506. The molecule has 0 amide bonds. The number of fused-ring (bicyclic) bond motifs is 1. The standard InChI is InChI=1S/C13H15ClO3/c1-8(16-2)6-11(15)12-7-9-4-3-5-10(14)13(9)17-12/h3-5,7-8,11,15H,6H2,1-2H3. The van der Waals surface area contributed by atoms with Crippen LogP contribution in [0.15, 0.2) is 28.7 Å². The zero-order chi connectivity index (χ0) is 12.4. The highest BCUT2D eigenvalue weighted by molar-refractivity contribution is 6.34. The molecule has 2 atom stereocenters. The monoisotopic (exact) mass is 254 g/mol. The molecule has 0 bridgehead atoms. The molecule has 0 aliphatic carbocycles. The van der Waals surface area contributed by atoms with E-state index in [2.05, 4.69) is 0 Å². The van der Waals surface area contributed by atoms with Crippen molar-refractivity contribution < 1.29 is 14.3 Å². The molecular formula is C13H15ClO3. The smallest absolute Gasteiger partial charge is 0.152 e. The van der Waals surface area contributed by atoms with E-state index in [9.17, 15) is 5.11 Å². The van der Waals surface area contributed by atoms with Gasteiger partial charge >= 0.3 is 0 Å². The van der Waals surface area contributed by atoms with Gasteiger partial charge in [-0.2, -0.15) is 0 Å².